The van der Waals surface area contributed by atoms with E-state index in [0.29, 0.717) is 25.7 Å². The third-order valence-electron chi connectivity index (χ3n) is 4.25. The Balaban J connectivity index is 2.06. The first-order chi connectivity index (χ1) is 9.81. The molecule has 0 radical (unpaired) electrons. The number of rotatable bonds is 4. The van der Waals surface area contributed by atoms with Gasteiger partial charge >= 0.3 is 5.97 Å². The van der Waals surface area contributed by atoms with Crippen molar-refractivity contribution in [1.82, 2.24) is 0 Å². The van der Waals surface area contributed by atoms with E-state index in [2.05, 4.69) is 0 Å². The topological polar surface area (TPSA) is 74.6 Å². The quantitative estimate of drug-likeness (QED) is 0.895. The first-order valence-electron chi connectivity index (χ1n) is 7.21. The first kappa shape index (κ1) is 16.2. The van der Waals surface area contributed by atoms with Crippen LogP contribution in [0.2, 0.25) is 0 Å². The minimum absolute atomic E-state index is 0.184. The van der Waals surface area contributed by atoms with E-state index in [1.807, 2.05) is 32.0 Å². The highest BCUT2D eigenvalue weighted by molar-refractivity contribution is 7.85. The number of aliphatic carboxylic acids is 1. The largest absolute Gasteiger partial charge is 0.481 e. The smallest absolute Gasteiger partial charge is 0.306 e. The summed E-state index contributed by atoms with van der Waals surface area (Å²) in [4.78, 5) is 11.7. The van der Waals surface area contributed by atoms with Gasteiger partial charge < -0.3 is 10.2 Å². The van der Waals surface area contributed by atoms with Crippen molar-refractivity contribution in [1.29, 1.82) is 0 Å². The van der Waals surface area contributed by atoms with Gasteiger partial charge in [-0.05, 0) is 56.7 Å². The first-order valence-corrected chi connectivity index (χ1v) is 8.53. The maximum Gasteiger partial charge on any atom is 0.306 e. The molecule has 1 aromatic rings. The van der Waals surface area contributed by atoms with E-state index < -0.39 is 22.4 Å². The minimum atomic E-state index is -1.26. The molecule has 0 amide bonds. The van der Waals surface area contributed by atoms with Gasteiger partial charge in [0, 0.05) is 4.90 Å². The van der Waals surface area contributed by atoms with E-state index in [-0.39, 0.29) is 11.7 Å². The molecule has 2 N–H and O–H groups in total. The predicted molar refractivity (Wildman–Crippen MR) is 81.7 cm³/mol. The van der Waals surface area contributed by atoms with Gasteiger partial charge in [0.2, 0.25) is 0 Å². The van der Waals surface area contributed by atoms with Gasteiger partial charge in [-0.15, -0.1) is 0 Å². The number of hydrogen-bond acceptors (Lipinski definition) is 3. The number of aryl methyl sites for hydroxylation is 2. The molecule has 1 aromatic carbocycles. The maximum absolute atomic E-state index is 12.5. The van der Waals surface area contributed by atoms with E-state index in [1.54, 1.807) is 0 Å². The molecule has 2 rings (SSSR count). The Hall–Kier alpha value is -1.20. The number of carbonyl (C=O) groups is 1. The van der Waals surface area contributed by atoms with Crippen molar-refractivity contribution in [2.24, 2.45) is 5.92 Å². The van der Waals surface area contributed by atoms with Crippen molar-refractivity contribution in [3.8, 4) is 0 Å². The maximum atomic E-state index is 12.5. The average molecular weight is 310 g/mol. The van der Waals surface area contributed by atoms with Gasteiger partial charge in [-0.1, -0.05) is 12.1 Å². The molecule has 1 aliphatic rings. The van der Waals surface area contributed by atoms with Crippen LogP contribution in [0.15, 0.2) is 23.1 Å². The zero-order valence-electron chi connectivity index (χ0n) is 12.5. The van der Waals surface area contributed by atoms with Crippen molar-refractivity contribution < 1.29 is 19.2 Å². The molecule has 0 spiro atoms. The van der Waals surface area contributed by atoms with E-state index >= 15 is 0 Å². The Bertz CT molecular complexity index is 559. The molecule has 0 bridgehead atoms. The second-order valence-electron chi connectivity index (χ2n) is 6.10. The molecule has 0 aromatic heterocycles. The summed E-state index contributed by atoms with van der Waals surface area (Å²) in [6.07, 6.45) is 1.72. The van der Waals surface area contributed by atoms with Crippen molar-refractivity contribution in [3.05, 3.63) is 29.3 Å². The van der Waals surface area contributed by atoms with Crippen LogP contribution in [0.5, 0.6) is 0 Å². The standard InChI is InChI=1S/C16H22O4S/c1-11-3-4-12(2)14(9-11)21(20)10-16(19)7-5-13(6-8-16)15(17)18/h3-4,9,13,19H,5-8,10H2,1-2H3,(H,17,18). The molecule has 4 nitrogen and oxygen atoms in total. The summed E-state index contributed by atoms with van der Waals surface area (Å²) in [5.41, 5.74) is 1.000. The molecule has 1 fully saturated rings. The molecule has 1 aliphatic carbocycles. The van der Waals surface area contributed by atoms with Crippen LogP contribution in [0.25, 0.3) is 0 Å². The van der Waals surface area contributed by atoms with Crippen LogP contribution >= 0.6 is 0 Å². The highest BCUT2D eigenvalue weighted by atomic mass is 32.2. The molecule has 1 unspecified atom stereocenters. The molecule has 5 heteroatoms. The molecule has 116 valence electrons. The van der Waals surface area contributed by atoms with E-state index in [9.17, 15) is 14.1 Å². The third-order valence-corrected chi connectivity index (χ3v) is 5.98. The van der Waals surface area contributed by atoms with Crippen LogP contribution in [-0.4, -0.2) is 31.7 Å². The average Bonchev–Trinajstić information content (AvgIpc) is 2.41. The summed E-state index contributed by atoms with van der Waals surface area (Å²) >= 11 is 0. The second kappa shape index (κ2) is 6.28. The summed E-state index contributed by atoms with van der Waals surface area (Å²) in [5.74, 6) is -0.990. The van der Waals surface area contributed by atoms with Crippen molar-refractivity contribution in [2.45, 2.75) is 50.0 Å². The van der Waals surface area contributed by atoms with Crippen LogP contribution < -0.4 is 0 Å². The molecule has 21 heavy (non-hydrogen) atoms. The summed E-state index contributed by atoms with van der Waals surface area (Å²) < 4.78 is 12.5. The fourth-order valence-electron chi connectivity index (χ4n) is 2.82. The van der Waals surface area contributed by atoms with Gasteiger partial charge in [0.15, 0.2) is 0 Å². The SMILES string of the molecule is Cc1ccc(C)c(S(=O)CC2(O)CCC(C(=O)O)CC2)c1. The Morgan fingerprint density at radius 1 is 1.33 bits per heavy atom. The lowest BCUT2D eigenvalue weighted by Gasteiger charge is -2.34. The summed E-state index contributed by atoms with van der Waals surface area (Å²) in [6, 6.07) is 5.81. The van der Waals surface area contributed by atoms with Gasteiger partial charge in [-0.3, -0.25) is 9.00 Å². The molecule has 1 saturated carbocycles. The molecule has 1 atom stereocenters. The number of aliphatic hydroxyl groups is 1. The fourth-order valence-corrected chi connectivity index (χ4v) is 4.50. The third kappa shape index (κ3) is 3.92. The van der Waals surface area contributed by atoms with E-state index in [1.165, 1.54) is 0 Å². The number of benzene rings is 1. The number of hydrogen-bond donors (Lipinski definition) is 2. The van der Waals surface area contributed by atoms with Gasteiger partial charge in [0.1, 0.15) is 0 Å². The Labute approximate surface area is 127 Å². The molecular weight excluding hydrogens is 288 g/mol. The van der Waals surface area contributed by atoms with Crippen molar-refractivity contribution in [3.63, 3.8) is 0 Å². The monoisotopic (exact) mass is 310 g/mol. The van der Waals surface area contributed by atoms with E-state index in [0.717, 1.165) is 16.0 Å². The highest BCUT2D eigenvalue weighted by Crippen LogP contribution is 2.34. The lowest BCUT2D eigenvalue weighted by Crippen LogP contribution is -2.40. The van der Waals surface area contributed by atoms with Crippen LogP contribution in [0.4, 0.5) is 0 Å². The summed E-state index contributed by atoms with van der Waals surface area (Å²) in [7, 11) is -1.26. The van der Waals surface area contributed by atoms with Gasteiger partial charge in [-0.25, -0.2) is 0 Å². The predicted octanol–water partition coefficient (Wildman–Crippen LogP) is 2.42. The van der Waals surface area contributed by atoms with Crippen molar-refractivity contribution >= 4 is 16.8 Å². The zero-order valence-corrected chi connectivity index (χ0v) is 13.3. The molecule has 0 aliphatic heterocycles. The van der Waals surface area contributed by atoms with Crippen LogP contribution in [0.1, 0.15) is 36.8 Å². The van der Waals surface area contributed by atoms with Gasteiger partial charge in [0.25, 0.3) is 0 Å². The summed E-state index contributed by atoms with van der Waals surface area (Å²) in [5, 5.41) is 19.6. The van der Waals surface area contributed by atoms with Gasteiger partial charge in [-0.2, -0.15) is 0 Å². The number of carboxylic acids is 1. The van der Waals surface area contributed by atoms with Gasteiger partial charge in [0.05, 0.1) is 28.1 Å². The van der Waals surface area contributed by atoms with Crippen LogP contribution in [0.3, 0.4) is 0 Å². The molecule has 0 heterocycles. The zero-order chi connectivity index (χ0) is 15.6. The lowest BCUT2D eigenvalue weighted by atomic mass is 9.80. The minimum Gasteiger partial charge on any atom is -0.481 e. The summed E-state index contributed by atoms with van der Waals surface area (Å²) in [6.45, 7) is 3.87. The molecular formula is C16H22O4S. The van der Waals surface area contributed by atoms with E-state index in [4.69, 9.17) is 5.11 Å². The van der Waals surface area contributed by atoms with Crippen LogP contribution in [-0.2, 0) is 15.6 Å². The molecule has 0 saturated heterocycles. The Morgan fingerprint density at radius 2 is 1.95 bits per heavy atom. The van der Waals surface area contributed by atoms with Crippen molar-refractivity contribution in [2.75, 3.05) is 5.75 Å². The van der Waals surface area contributed by atoms with Crippen LogP contribution in [0, 0.1) is 19.8 Å². The Morgan fingerprint density at radius 3 is 2.52 bits per heavy atom. The second-order valence-corrected chi connectivity index (χ2v) is 7.52. The Kier molecular flexibility index (Phi) is 4.84. The lowest BCUT2D eigenvalue weighted by molar-refractivity contribution is -0.144. The number of carboxylic acid groups (broad SMARTS) is 1. The highest BCUT2D eigenvalue weighted by Gasteiger charge is 2.37. The normalized spacial score (nSPS) is 27.3. The fraction of sp³-hybridized carbons (Fsp3) is 0.562.